The van der Waals surface area contributed by atoms with Crippen molar-refractivity contribution in [2.45, 2.75) is 19.5 Å². The fraction of sp³-hybridized carbons (Fsp3) is 0.778. The second kappa shape index (κ2) is 4.71. The molecule has 0 aromatic carbocycles. The topological polar surface area (TPSA) is 46.6 Å². The molecule has 0 aromatic rings. The summed E-state index contributed by atoms with van der Waals surface area (Å²) in [5.74, 6) is -3.06. The Kier molecular flexibility index (Phi) is 3.77. The van der Waals surface area contributed by atoms with Crippen LogP contribution in [0.4, 0.5) is 13.2 Å². The summed E-state index contributed by atoms with van der Waals surface area (Å²) in [6.07, 6.45) is -4.65. The van der Waals surface area contributed by atoms with E-state index >= 15 is 0 Å². The van der Waals surface area contributed by atoms with E-state index in [0.29, 0.717) is 4.90 Å². The van der Waals surface area contributed by atoms with E-state index in [2.05, 4.69) is 4.74 Å². The zero-order chi connectivity index (χ0) is 12.3. The van der Waals surface area contributed by atoms with E-state index in [1.807, 2.05) is 0 Å². The molecule has 1 rings (SSSR count). The van der Waals surface area contributed by atoms with Gasteiger partial charge in [-0.1, -0.05) is 0 Å². The van der Waals surface area contributed by atoms with E-state index in [9.17, 15) is 22.8 Å². The maximum absolute atomic E-state index is 12.1. The predicted molar refractivity (Wildman–Crippen MR) is 47.4 cm³/mol. The van der Waals surface area contributed by atoms with Gasteiger partial charge in [-0.25, -0.2) is 0 Å². The molecule has 92 valence electrons. The lowest BCUT2D eigenvalue weighted by atomic mass is 10.1. The van der Waals surface area contributed by atoms with Gasteiger partial charge in [0.1, 0.15) is 0 Å². The third-order valence-corrected chi connectivity index (χ3v) is 2.34. The maximum atomic E-state index is 12.1. The van der Waals surface area contributed by atoms with Crippen LogP contribution in [0.2, 0.25) is 0 Å². The van der Waals surface area contributed by atoms with Gasteiger partial charge in [0.2, 0.25) is 0 Å². The van der Waals surface area contributed by atoms with E-state index in [1.54, 1.807) is 6.92 Å². The number of alkyl halides is 3. The fourth-order valence-electron chi connectivity index (χ4n) is 1.58. The Labute approximate surface area is 90.3 Å². The van der Waals surface area contributed by atoms with E-state index in [4.69, 9.17) is 0 Å². The normalized spacial score (nSPS) is 21.0. The Morgan fingerprint density at radius 1 is 1.44 bits per heavy atom. The van der Waals surface area contributed by atoms with Crippen molar-refractivity contribution >= 4 is 11.9 Å². The molecule has 0 spiro atoms. The van der Waals surface area contributed by atoms with Crippen molar-refractivity contribution in [2.75, 3.05) is 19.7 Å². The number of hydrogen-bond acceptors (Lipinski definition) is 3. The summed E-state index contributed by atoms with van der Waals surface area (Å²) in [5.41, 5.74) is 0. The molecule has 0 N–H and O–H groups in total. The van der Waals surface area contributed by atoms with Gasteiger partial charge >= 0.3 is 18.1 Å². The molecule has 1 unspecified atom stereocenters. The minimum absolute atomic E-state index is 0.0537. The first-order valence-electron chi connectivity index (χ1n) is 4.89. The predicted octanol–water partition coefficient (Wildman–Crippen LogP) is 0.960. The van der Waals surface area contributed by atoms with Gasteiger partial charge in [-0.3, -0.25) is 9.59 Å². The maximum Gasteiger partial charge on any atom is 0.471 e. The summed E-state index contributed by atoms with van der Waals surface area (Å²) < 4.78 is 40.9. The average molecular weight is 239 g/mol. The Morgan fingerprint density at radius 2 is 2.06 bits per heavy atom. The van der Waals surface area contributed by atoms with Gasteiger partial charge in [0, 0.05) is 13.1 Å². The standard InChI is InChI=1S/C9H12F3NO3/c1-2-16-7(14)6-3-4-13(5-6)8(15)9(10,11)12/h6H,2-5H2,1H3. The van der Waals surface area contributed by atoms with Gasteiger partial charge in [0.05, 0.1) is 12.5 Å². The molecular formula is C9H12F3NO3. The second-order valence-electron chi connectivity index (χ2n) is 3.49. The largest absolute Gasteiger partial charge is 0.471 e. The van der Waals surface area contributed by atoms with Crippen LogP contribution < -0.4 is 0 Å². The molecule has 0 aromatic heterocycles. The van der Waals surface area contributed by atoms with Crippen molar-refractivity contribution < 1.29 is 27.5 Å². The summed E-state index contributed by atoms with van der Waals surface area (Å²) >= 11 is 0. The minimum Gasteiger partial charge on any atom is -0.466 e. The number of ether oxygens (including phenoxy) is 1. The Balaban J connectivity index is 2.53. The van der Waals surface area contributed by atoms with Crippen LogP contribution >= 0.6 is 0 Å². The van der Waals surface area contributed by atoms with Crippen molar-refractivity contribution in [3.05, 3.63) is 0 Å². The third kappa shape index (κ3) is 2.86. The number of carbonyl (C=O) groups is 2. The van der Waals surface area contributed by atoms with Crippen LogP contribution in [-0.2, 0) is 14.3 Å². The zero-order valence-corrected chi connectivity index (χ0v) is 8.71. The van der Waals surface area contributed by atoms with Crippen molar-refractivity contribution in [1.82, 2.24) is 4.90 Å². The molecule has 1 aliphatic heterocycles. The highest BCUT2D eigenvalue weighted by Gasteiger charge is 2.45. The van der Waals surface area contributed by atoms with Gasteiger partial charge in [-0.15, -0.1) is 0 Å². The van der Waals surface area contributed by atoms with Crippen molar-refractivity contribution in [2.24, 2.45) is 5.92 Å². The monoisotopic (exact) mass is 239 g/mol. The van der Waals surface area contributed by atoms with E-state index in [1.165, 1.54) is 0 Å². The van der Waals surface area contributed by atoms with Crippen molar-refractivity contribution in [1.29, 1.82) is 0 Å². The van der Waals surface area contributed by atoms with Gasteiger partial charge in [0.15, 0.2) is 0 Å². The highest BCUT2D eigenvalue weighted by atomic mass is 19.4. The summed E-state index contributed by atoms with van der Waals surface area (Å²) in [7, 11) is 0. The molecule has 1 fully saturated rings. The third-order valence-electron chi connectivity index (χ3n) is 2.34. The molecule has 0 radical (unpaired) electrons. The van der Waals surface area contributed by atoms with Crippen LogP contribution in [-0.4, -0.2) is 42.6 Å². The molecule has 0 saturated carbocycles. The van der Waals surface area contributed by atoms with Crippen molar-refractivity contribution in [3.8, 4) is 0 Å². The molecule has 4 nitrogen and oxygen atoms in total. The van der Waals surface area contributed by atoms with Crippen LogP contribution in [0.15, 0.2) is 0 Å². The van der Waals surface area contributed by atoms with Crippen LogP contribution in [0.5, 0.6) is 0 Å². The molecule has 1 heterocycles. The first-order valence-corrected chi connectivity index (χ1v) is 4.89. The smallest absolute Gasteiger partial charge is 0.466 e. The lowest BCUT2D eigenvalue weighted by Crippen LogP contribution is -2.40. The molecule has 1 amide bonds. The second-order valence-corrected chi connectivity index (χ2v) is 3.49. The highest BCUT2D eigenvalue weighted by molar-refractivity contribution is 5.83. The molecule has 7 heteroatoms. The van der Waals surface area contributed by atoms with Crippen LogP contribution in [0.25, 0.3) is 0 Å². The lowest BCUT2D eigenvalue weighted by molar-refractivity contribution is -0.184. The lowest BCUT2D eigenvalue weighted by Gasteiger charge is -2.17. The Hall–Kier alpha value is -1.27. The molecule has 16 heavy (non-hydrogen) atoms. The fourth-order valence-corrected chi connectivity index (χ4v) is 1.58. The molecule has 0 bridgehead atoms. The number of rotatable bonds is 2. The average Bonchev–Trinajstić information content (AvgIpc) is 2.64. The number of hydrogen-bond donors (Lipinski definition) is 0. The highest BCUT2D eigenvalue weighted by Crippen LogP contribution is 2.24. The number of amides is 1. The summed E-state index contributed by atoms with van der Waals surface area (Å²) in [6, 6.07) is 0. The molecule has 1 aliphatic rings. The minimum atomic E-state index is -4.87. The summed E-state index contributed by atoms with van der Waals surface area (Å²) in [5, 5.41) is 0. The summed E-state index contributed by atoms with van der Waals surface area (Å²) in [6.45, 7) is 1.53. The number of esters is 1. The van der Waals surface area contributed by atoms with Gasteiger partial charge in [0.25, 0.3) is 0 Å². The number of nitrogens with zero attached hydrogens (tertiary/aromatic N) is 1. The number of halogens is 3. The van der Waals surface area contributed by atoms with Crippen LogP contribution in [0, 0.1) is 5.92 Å². The quantitative estimate of drug-likeness (QED) is 0.674. The van der Waals surface area contributed by atoms with Gasteiger partial charge < -0.3 is 9.64 Å². The Bertz CT molecular complexity index is 290. The SMILES string of the molecule is CCOC(=O)C1CCN(C(=O)C(F)(F)F)C1. The Morgan fingerprint density at radius 3 is 2.56 bits per heavy atom. The first-order chi connectivity index (χ1) is 7.36. The van der Waals surface area contributed by atoms with Crippen LogP contribution in [0.3, 0.4) is 0 Å². The van der Waals surface area contributed by atoms with Gasteiger partial charge in [-0.2, -0.15) is 13.2 Å². The zero-order valence-electron chi connectivity index (χ0n) is 8.71. The molecule has 1 atom stereocenters. The molecular weight excluding hydrogens is 227 g/mol. The van der Waals surface area contributed by atoms with Crippen LogP contribution in [0.1, 0.15) is 13.3 Å². The number of likely N-dealkylation sites (tertiary alicyclic amines) is 1. The van der Waals surface area contributed by atoms with Gasteiger partial charge in [-0.05, 0) is 13.3 Å². The van der Waals surface area contributed by atoms with E-state index < -0.39 is 24.0 Å². The molecule has 0 aliphatic carbocycles. The molecule has 1 saturated heterocycles. The van der Waals surface area contributed by atoms with E-state index in [-0.39, 0.29) is 26.1 Å². The number of carbonyl (C=O) groups excluding carboxylic acids is 2. The summed E-state index contributed by atoms with van der Waals surface area (Å²) in [4.78, 5) is 22.7. The van der Waals surface area contributed by atoms with E-state index in [0.717, 1.165) is 0 Å². The van der Waals surface area contributed by atoms with Crippen molar-refractivity contribution in [3.63, 3.8) is 0 Å². The first kappa shape index (κ1) is 12.8.